The molecule has 144 valence electrons. The third-order valence-electron chi connectivity index (χ3n) is 3.72. The average Bonchev–Trinajstić information content (AvgIpc) is 2.72. The summed E-state index contributed by atoms with van der Waals surface area (Å²) < 4.78 is 4.77. The van der Waals surface area contributed by atoms with E-state index in [2.05, 4.69) is 10.6 Å². The van der Waals surface area contributed by atoms with Gasteiger partial charge in [-0.3, -0.25) is 4.79 Å². The Labute approximate surface area is 172 Å². The predicted molar refractivity (Wildman–Crippen MR) is 111 cm³/mol. The zero-order chi connectivity index (χ0) is 20.5. The van der Waals surface area contributed by atoms with Crippen LogP contribution in [0.4, 0.5) is 5.69 Å². The number of rotatable bonds is 7. The number of thioether (sulfide) groups is 1. The Hall–Kier alpha value is -2.95. The molecule has 6 nitrogen and oxygen atoms in total. The lowest BCUT2D eigenvalue weighted by atomic mass is 10.1. The van der Waals surface area contributed by atoms with Gasteiger partial charge in [0.05, 0.1) is 23.4 Å². The number of hydrogen-bond acceptors (Lipinski definition) is 6. The summed E-state index contributed by atoms with van der Waals surface area (Å²) in [6.07, 6.45) is 1.73. The average molecular weight is 416 g/mol. The molecule has 2 rings (SSSR count). The van der Waals surface area contributed by atoms with Crippen LogP contribution in [0.25, 0.3) is 0 Å². The summed E-state index contributed by atoms with van der Waals surface area (Å²) in [5.74, 6) is -1.04. The van der Waals surface area contributed by atoms with E-state index < -0.39 is 11.9 Å². The number of nitrogens with zero attached hydrogens (tertiary/aromatic N) is 1. The number of anilines is 1. The maximum atomic E-state index is 12.5. The molecule has 0 atom stereocenters. The molecule has 0 radical (unpaired) electrons. The highest BCUT2D eigenvalue weighted by molar-refractivity contribution is 8.02. The van der Waals surface area contributed by atoms with E-state index in [4.69, 9.17) is 16.3 Å². The van der Waals surface area contributed by atoms with Gasteiger partial charge in [-0.05, 0) is 36.1 Å². The number of methoxy groups -OCH3 is 1. The van der Waals surface area contributed by atoms with Crippen molar-refractivity contribution in [2.24, 2.45) is 0 Å². The third kappa shape index (κ3) is 5.52. The minimum atomic E-state index is -0.523. The van der Waals surface area contributed by atoms with Crippen LogP contribution in [0.15, 0.2) is 59.1 Å². The van der Waals surface area contributed by atoms with Crippen LogP contribution in [-0.2, 0) is 16.1 Å². The minimum absolute atomic E-state index is 0.0823. The van der Waals surface area contributed by atoms with Gasteiger partial charge in [0.1, 0.15) is 11.6 Å². The Morgan fingerprint density at radius 2 is 1.86 bits per heavy atom. The van der Waals surface area contributed by atoms with Crippen molar-refractivity contribution in [2.75, 3.05) is 18.7 Å². The van der Waals surface area contributed by atoms with Crippen molar-refractivity contribution in [3.05, 3.63) is 75.3 Å². The number of nitrogens with one attached hydrogen (secondary N) is 2. The molecule has 28 heavy (non-hydrogen) atoms. The fraction of sp³-hybridized carbons (Fsp3) is 0.150. The Balaban J connectivity index is 2.22. The van der Waals surface area contributed by atoms with E-state index in [1.165, 1.54) is 18.9 Å². The normalized spacial score (nSPS) is 11.1. The standard InChI is InChI=1S/C20H18ClN3O3S/c1-27-20(26)15-5-3-4-6-17(15)24-19(28-2)16(11-22)18(25)23-12-13-7-9-14(21)10-8-13/h3-10,24H,12H2,1-2H3,(H,23,25)/b19-16+. The lowest BCUT2D eigenvalue weighted by molar-refractivity contribution is -0.117. The van der Waals surface area contributed by atoms with Gasteiger partial charge in [0.25, 0.3) is 5.91 Å². The monoisotopic (exact) mass is 415 g/mol. The van der Waals surface area contributed by atoms with Gasteiger partial charge in [-0.2, -0.15) is 5.26 Å². The molecule has 0 aliphatic carbocycles. The van der Waals surface area contributed by atoms with Crippen LogP contribution in [-0.4, -0.2) is 25.2 Å². The first-order chi connectivity index (χ1) is 13.5. The summed E-state index contributed by atoms with van der Waals surface area (Å²) in [5, 5.41) is 16.1. The summed E-state index contributed by atoms with van der Waals surface area (Å²) in [6.45, 7) is 0.252. The number of amides is 1. The molecule has 2 aromatic rings. The second-order valence-electron chi connectivity index (χ2n) is 5.49. The molecular weight excluding hydrogens is 398 g/mol. The molecule has 0 heterocycles. The fourth-order valence-corrected chi connectivity index (χ4v) is 2.98. The van der Waals surface area contributed by atoms with E-state index in [9.17, 15) is 14.9 Å². The molecule has 0 bridgehead atoms. The first-order valence-corrected chi connectivity index (χ1v) is 9.75. The molecular formula is C20H18ClN3O3S. The van der Waals surface area contributed by atoms with Crippen molar-refractivity contribution in [1.29, 1.82) is 5.26 Å². The van der Waals surface area contributed by atoms with Gasteiger partial charge in [0, 0.05) is 11.6 Å². The number of ether oxygens (including phenoxy) is 1. The lowest BCUT2D eigenvalue weighted by Gasteiger charge is -2.14. The van der Waals surface area contributed by atoms with Gasteiger partial charge < -0.3 is 15.4 Å². The fourth-order valence-electron chi connectivity index (χ4n) is 2.30. The highest BCUT2D eigenvalue weighted by atomic mass is 35.5. The molecule has 2 N–H and O–H groups in total. The van der Waals surface area contributed by atoms with Gasteiger partial charge >= 0.3 is 5.97 Å². The second kappa shape index (κ2) is 10.4. The highest BCUT2D eigenvalue weighted by Crippen LogP contribution is 2.24. The number of hydrogen-bond donors (Lipinski definition) is 2. The molecule has 0 fully saturated rings. The van der Waals surface area contributed by atoms with Crippen LogP contribution in [0.5, 0.6) is 0 Å². The van der Waals surface area contributed by atoms with Crippen molar-refractivity contribution in [3.63, 3.8) is 0 Å². The van der Waals surface area contributed by atoms with Crippen LogP contribution >= 0.6 is 23.4 Å². The van der Waals surface area contributed by atoms with Crippen LogP contribution in [0.2, 0.25) is 5.02 Å². The first-order valence-electron chi connectivity index (χ1n) is 8.15. The summed E-state index contributed by atoms with van der Waals surface area (Å²) in [6, 6.07) is 15.7. The number of benzene rings is 2. The van der Waals surface area contributed by atoms with Crippen LogP contribution in [0.1, 0.15) is 15.9 Å². The predicted octanol–water partition coefficient (Wildman–Crippen LogP) is 3.95. The highest BCUT2D eigenvalue weighted by Gasteiger charge is 2.18. The van der Waals surface area contributed by atoms with E-state index in [1.807, 2.05) is 6.07 Å². The summed E-state index contributed by atoms with van der Waals surface area (Å²) in [4.78, 5) is 24.4. The van der Waals surface area contributed by atoms with Gasteiger partial charge in [-0.25, -0.2) is 4.79 Å². The number of carbonyl (C=O) groups excluding carboxylic acids is 2. The molecule has 0 aromatic heterocycles. The largest absolute Gasteiger partial charge is 0.465 e. The number of halogens is 1. The third-order valence-corrected chi connectivity index (χ3v) is 4.68. The van der Waals surface area contributed by atoms with Crippen molar-refractivity contribution < 1.29 is 14.3 Å². The van der Waals surface area contributed by atoms with Crippen LogP contribution in [0, 0.1) is 11.3 Å². The van der Waals surface area contributed by atoms with E-state index in [0.717, 1.165) is 5.56 Å². The second-order valence-corrected chi connectivity index (χ2v) is 6.74. The van der Waals surface area contributed by atoms with Crippen LogP contribution < -0.4 is 10.6 Å². The first kappa shape index (κ1) is 21.4. The van der Waals surface area contributed by atoms with E-state index >= 15 is 0 Å². The van der Waals surface area contributed by atoms with Crippen molar-refractivity contribution in [1.82, 2.24) is 5.32 Å². The zero-order valence-electron chi connectivity index (χ0n) is 15.3. The van der Waals surface area contributed by atoms with Crippen LogP contribution in [0.3, 0.4) is 0 Å². The van der Waals surface area contributed by atoms with Gasteiger partial charge in [0.15, 0.2) is 0 Å². The van der Waals surface area contributed by atoms with Gasteiger partial charge in [0.2, 0.25) is 0 Å². The lowest BCUT2D eigenvalue weighted by Crippen LogP contribution is -2.25. The van der Waals surface area contributed by atoms with E-state index in [0.29, 0.717) is 21.3 Å². The Kier molecular flexibility index (Phi) is 7.93. The summed E-state index contributed by atoms with van der Waals surface area (Å²) in [7, 11) is 1.29. The van der Waals surface area contributed by atoms with E-state index in [-0.39, 0.29) is 12.1 Å². The van der Waals surface area contributed by atoms with Gasteiger partial charge in [-0.1, -0.05) is 35.9 Å². The Morgan fingerprint density at radius 3 is 2.46 bits per heavy atom. The molecule has 0 saturated heterocycles. The van der Waals surface area contributed by atoms with Crippen molar-refractivity contribution in [2.45, 2.75) is 6.54 Å². The number of esters is 1. The maximum Gasteiger partial charge on any atom is 0.339 e. The Morgan fingerprint density at radius 1 is 1.18 bits per heavy atom. The van der Waals surface area contributed by atoms with Gasteiger partial charge in [-0.15, -0.1) is 11.8 Å². The topological polar surface area (TPSA) is 91.2 Å². The number of carbonyl (C=O) groups is 2. The SMILES string of the molecule is COC(=O)c1ccccc1N/C(SC)=C(/C#N)C(=O)NCc1ccc(Cl)cc1. The summed E-state index contributed by atoms with van der Waals surface area (Å²) >= 11 is 7.04. The summed E-state index contributed by atoms with van der Waals surface area (Å²) in [5.41, 5.74) is 1.51. The molecule has 0 spiro atoms. The quantitative estimate of drug-likeness (QED) is 0.404. The molecule has 2 aromatic carbocycles. The molecule has 0 unspecified atom stereocenters. The Bertz CT molecular complexity index is 936. The molecule has 0 aliphatic heterocycles. The molecule has 0 aliphatic rings. The zero-order valence-corrected chi connectivity index (χ0v) is 16.9. The smallest absolute Gasteiger partial charge is 0.339 e. The molecule has 1 amide bonds. The maximum absolute atomic E-state index is 12.5. The molecule has 8 heteroatoms. The number of para-hydroxylation sites is 1. The van der Waals surface area contributed by atoms with E-state index in [1.54, 1.807) is 54.8 Å². The van der Waals surface area contributed by atoms with Crippen molar-refractivity contribution >= 4 is 40.9 Å². The molecule has 0 saturated carbocycles. The minimum Gasteiger partial charge on any atom is -0.465 e. The van der Waals surface area contributed by atoms with Crippen molar-refractivity contribution in [3.8, 4) is 6.07 Å². The number of nitriles is 1.